The van der Waals surface area contributed by atoms with Gasteiger partial charge in [-0.05, 0) is 74.6 Å². The minimum Gasteiger partial charge on any atom is -0.456 e. The Morgan fingerprint density at radius 3 is 1.62 bits per heavy atom. The lowest BCUT2D eigenvalue weighted by molar-refractivity contribution is 0.663. The topological polar surface area (TPSA) is 26.3 Å². The van der Waals surface area contributed by atoms with Gasteiger partial charge in [0, 0.05) is 47.3 Å². The fraction of sp³-hybridized carbons (Fsp3) is 0. The van der Waals surface area contributed by atoms with Crippen LogP contribution in [0.5, 0.6) is 0 Å². The highest BCUT2D eigenvalue weighted by Gasteiger charge is 2.21. The summed E-state index contributed by atoms with van der Waals surface area (Å²) in [6.45, 7) is 0. The first-order valence-corrected chi connectivity index (χ1v) is 16.7. The summed E-state index contributed by atoms with van der Waals surface area (Å²) in [5, 5.41) is 12.0. The standard InChI is InChI=1S/C44H24O2S/c1-3-13-29-27(11-1)40(25-20-21-36-34(24-25)43-38(46-36)23-22-37-42(43)32-15-5-7-18-35(32)45-37)28-12-2-4-14-30(28)41(29)33-17-9-16-31-26-10-6-8-19-39(26)47-44(31)33/h1-24H. The number of furan rings is 2. The average Bonchev–Trinajstić information content (AvgIpc) is 3.81. The molecule has 0 aliphatic carbocycles. The maximum absolute atomic E-state index is 6.45. The van der Waals surface area contributed by atoms with Crippen molar-refractivity contribution in [2.24, 2.45) is 0 Å². The van der Waals surface area contributed by atoms with E-state index in [1.807, 2.05) is 35.6 Å². The Bertz CT molecular complexity index is 3020. The Balaban J connectivity index is 1.25. The lowest BCUT2D eigenvalue weighted by Gasteiger charge is -2.18. The summed E-state index contributed by atoms with van der Waals surface area (Å²) in [7, 11) is 0. The van der Waals surface area contributed by atoms with Crippen molar-refractivity contribution in [2.75, 3.05) is 0 Å². The van der Waals surface area contributed by atoms with Gasteiger partial charge >= 0.3 is 0 Å². The highest BCUT2D eigenvalue weighted by molar-refractivity contribution is 7.26. The molecule has 0 saturated heterocycles. The Hall–Kier alpha value is -5.90. The zero-order chi connectivity index (χ0) is 30.6. The van der Waals surface area contributed by atoms with Crippen LogP contribution in [0.25, 0.3) is 108 Å². The van der Waals surface area contributed by atoms with Crippen molar-refractivity contribution >= 4 is 96.9 Å². The first-order valence-electron chi connectivity index (χ1n) is 15.9. The number of thiophene rings is 1. The van der Waals surface area contributed by atoms with Crippen LogP contribution in [-0.4, -0.2) is 0 Å². The van der Waals surface area contributed by atoms with Crippen LogP contribution in [0.1, 0.15) is 0 Å². The van der Waals surface area contributed by atoms with Gasteiger partial charge in [0.05, 0.1) is 0 Å². The van der Waals surface area contributed by atoms with Gasteiger partial charge in [0.25, 0.3) is 0 Å². The van der Waals surface area contributed by atoms with E-state index < -0.39 is 0 Å². The van der Waals surface area contributed by atoms with Crippen molar-refractivity contribution in [2.45, 2.75) is 0 Å². The Labute approximate surface area is 272 Å². The summed E-state index contributed by atoms with van der Waals surface area (Å²) in [6.07, 6.45) is 0. The van der Waals surface area contributed by atoms with Crippen molar-refractivity contribution in [1.29, 1.82) is 0 Å². The van der Waals surface area contributed by atoms with Crippen LogP contribution >= 0.6 is 11.3 Å². The quantitative estimate of drug-likeness (QED) is 0.181. The number of para-hydroxylation sites is 1. The number of fused-ring (bicyclic) bond motifs is 12. The van der Waals surface area contributed by atoms with Crippen LogP contribution < -0.4 is 0 Å². The average molecular weight is 617 g/mol. The predicted molar refractivity (Wildman–Crippen MR) is 200 cm³/mol. The molecule has 0 atom stereocenters. The molecule has 0 amide bonds. The number of hydrogen-bond donors (Lipinski definition) is 0. The molecule has 11 rings (SSSR count). The van der Waals surface area contributed by atoms with Crippen molar-refractivity contribution in [3.05, 3.63) is 146 Å². The van der Waals surface area contributed by atoms with Gasteiger partial charge in [-0.1, -0.05) is 109 Å². The van der Waals surface area contributed by atoms with E-state index in [4.69, 9.17) is 8.83 Å². The third-order valence-corrected chi connectivity index (χ3v) is 11.1. The highest BCUT2D eigenvalue weighted by Crippen LogP contribution is 2.49. The molecule has 47 heavy (non-hydrogen) atoms. The van der Waals surface area contributed by atoms with Crippen LogP contribution in [0.4, 0.5) is 0 Å². The maximum atomic E-state index is 6.45. The summed E-state index contributed by atoms with van der Waals surface area (Å²) in [4.78, 5) is 0. The fourth-order valence-corrected chi connectivity index (χ4v) is 9.13. The summed E-state index contributed by atoms with van der Waals surface area (Å²) in [5.74, 6) is 0. The molecule has 11 aromatic rings. The Morgan fingerprint density at radius 1 is 0.362 bits per heavy atom. The van der Waals surface area contributed by atoms with E-state index in [-0.39, 0.29) is 0 Å². The zero-order valence-corrected chi connectivity index (χ0v) is 25.9. The molecule has 3 heteroatoms. The van der Waals surface area contributed by atoms with Crippen molar-refractivity contribution in [1.82, 2.24) is 0 Å². The molecule has 8 aromatic carbocycles. The SMILES string of the molecule is c1ccc2c(c1)oc1ccc3oc4ccc(-c5c6ccccc6c(-c6cccc7c6sc6ccccc67)c6ccccc56)cc4c3c12. The molecule has 0 radical (unpaired) electrons. The van der Waals surface area contributed by atoms with Crippen LogP contribution in [0, 0.1) is 0 Å². The molecule has 0 saturated carbocycles. The monoisotopic (exact) mass is 616 g/mol. The van der Waals surface area contributed by atoms with Gasteiger partial charge in [0.15, 0.2) is 0 Å². The molecule has 0 aliphatic rings. The molecule has 3 heterocycles. The van der Waals surface area contributed by atoms with Crippen LogP contribution in [0.3, 0.4) is 0 Å². The summed E-state index contributed by atoms with van der Waals surface area (Å²) >= 11 is 1.89. The first kappa shape index (κ1) is 25.3. The molecule has 3 aromatic heterocycles. The van der Waals surface area contributed by atoms with Gasteiger partial charge in [0.2, 0.25) is 0 Å². The smallest absolute Gasteiger partial charge is 0.136 e. The van der Waals surface area contributed by atoms with E-state index >= 15 is 0 Å². The molecule has 0 spiro atoms. The van der Waals surface area contributed by atoms with Crippen LogP contribution in [0.15, 0.2) is 154 Å². The lowest BCUT2D eigenvalue weighted by Crippen LogP contribution is -1.91. The van der Waals surface area contributed by atoms with Gasteiger partial charge in [-0.25, -0.2) is 0 Å². The van der Waals surface area contributed by atoms with Gasteiger partial charge in [-0.2, -0.15) is 0 Å². The molecule has 0 N–H and O–H groups in total. The molecule has 0 bridgehead atoms. The van der Waals surface area contributed by atoms with Gasteiger partial charge < -0.3 is 8.83 Å². The van der Waals surface area contributed by atoms with E-state index in [1.165, 1.54) is 64.0 Å². The molecule has 218 valence electrons. The third kappa shape index (κ3) is 3.44. The van der Waals surface area contributed by atoms with Gasteiger partial charge in [0.1, 0.15) is 22.3 Å². The zero-order valence-electron chi connectivity index (χ0n) is 25.1. The number of benzene rings is 8. The normalized spacial score (nSPS) is 12.3. The fourth-order valence-electron chi connectivity index (χ4n) is 7.91. The van der Waals surface area contributed by atoms with Gasteiger partial charge in [-0.15, -0.1) is 11.3 Å². The Kier molecular flexibility index (Phi) is 5.02. The summed E-state index contributed by atoms with van der Waals surface area (Å²) in [5.41, 5.74) is 8.50. The number of hydrogen-bond acceptors (Lipinski definition) is 3. The second-order valence-electron chi connectivity index (χ2n) is 12.3. The maximum Gasteiger partial charge on any atom is 0.136 e. The van der Waals surface area contributed by atoms with Crippen molar-refractivity contribution in [3.63, 3.8) is 0 Å². The van der Waals surface area contributed by atoms with E-state index in [0.717, 1.165) is 43.9 Å². The van der Waals surface area contributed by atoms with Crippen molar-refractivity contribution < 1.29 is 8.83 Å². The minimum absolute atomic E-state index is 0.873. The van der Waals surface area contributed by atoms with Crippen LogP contribution in [0.2, 0.25) is 0 Å². The summed E-state index contributed by atoms with van der Waals surface area (Å²) in [6, 6.07) is 52.4. The molecule has 2 nitrogen and oxygen atoms in total. The summed E-state index contributed by atoms with van der Waals surface area (Å²) < 4.78 is 15.4. The molecular weight excluding hydrogens is 593 g/mol. The third-order valence-electron chi connectivity index (χ3n) is 9.87. The second-order valence-corrected chi connectivity index (χ2v) is 13.4. The van der Waals surface area contributed by atoms with E-state index in [9.17, 15) is 0 Å². The minimum atomic E-state index is 0.873. The van der Waals surface area contributed by atoms with Gasteiger partial charge in [-0.3, -0.25) is 0 Å². The molecule has 0 aliphatic heterocycles. The lowest BCUT2D eigenvalue weighted by atomic mass is 9.85. The number of rotatable bonds is 2. The molecule has 0 fully saturated rings. The second kappa shape index (κ2) is 9.32. The van der Waals surface area contributed by atoms with E-state index in [0.29, 0.717) is 0 Å². The van der Waals surface area contributed by atoms with Crippen molar-refractivity contribution in [3.8, 4) is 22.3 Å². The highest BCUT2D eigenvalue weighted by atomic mass is 32.1. The first-order chi connectivity index (χ1) is 23.3. The largest absolute Gasteiger partial charge is 0.456 e. The molecular formula is C44H24O2S. The van der Waals surface area contributed by atoms with E-state index in [2.05, 4.69) is 121 Å². The molecule has 0 unspecified atom stereocenters. The van der Waals surface area contributed by atoms with Crippen LogP contribution in [-0.2, 0) is 0 Å². The van der Waals surface area contributed by atoms with E-state index in [1.54, 1.807) is 0 Å². The Morgan fingerprint density at radius 2 is 0.894 bits per heavy atom. The predicted octanol–water partition coefficient (Wildman–Crippen LogP) is 13.5.